The van der Waals surface area contributed by atoms with Crippen LogP contribution >= 0.6 is 0 Å². The first-order valence-electron chi connectivity index (χ1n) is 8.87. The summed E-state index contributed by atoms with van der Waals surface area (Å²) in [5.74, 6) is -0.721. The summed E-state index contributed by atoms with van der Waals surface area (Å²) in [5.41, 5.74) is 2.75. The molecule has 1 atom stereocenters. The summed E-state index contributed by atoms with van der Waals surface area (Å²) in [6, 6.07) is 7.11. The maximum Gasteiger partial charge on any atom is 0.271 e. The van der Waals surface area contributed by atoms with Gasteiger partial charge in [-0.25, -0.2) is 13.2 Å². The Morgan fingerprint density at radius 1 is 1.38 bits per heavy atom. The van der Waals surface area contributed by atoms with Crippen molar-refractivity contribution in [3.05, 3.63) is 35.5 Å². The van der Waals surface area contributed by atoms with Gasteiger partial charge in [-0.2, -0.15) is 5.26 Å². The molecule has 1 unspecified atom stereocenters. The zero-order valence-electron chi connectivity index (χ0n) is 15.0. The second kappa shape index (κ2) is 7.60. The van der Waals surface area contributed by atoms with Gasteiger partial charge in [0.2, 0.25) is 0 Å². The van der Waals surface area contributed by atoms with Crippen LogP contribution in [-0.4, -0.2) is 54.3 Å². The lowest BCUT2D eigenvalue weighted by Crippen LogP contribution is -2.41. The van der Waals surface area contributed by atoms with E-state index in [1.54, 1.807) is 18.2 Å². The number of hydrogen-bond donors (Lipinski definition) is 3. The van der Waals surface area contributed by atoms with Crippen molar-refractivity contribution in [2.45, 2.75) is 18.6 Å². The summed E-state index contributed by atoms with van der Waals surface area (Å²) >= 11 is 0. The molecule has 7 nitrogen and oxygen atoms in total. The van der Waals surface area contributed by atoms with Crippen molar-refractivity contribution in [3.63, 3.8) is 0 Å². The summed E-state index contributed by atoms with van der Waals surface area (Å²) in [7, 11) is 0. The van der Waals surface area contributed by atoms with Gasteiger partial charge in [-0.05, 0) is 18.2 Å². The van der Waals surface area contributed by atoms with Gasteiger partial charge in [-0.1, -0.05) is 0 Å². The fourth-order valence-corrected chi connectivity index (χ4v) is 3.12. The molecule has 1 saturated heterocycles. The number of nitriles is 1. The van der Waals surface area contributed by atoms with Gasteiger partial charge in [-0.15, -0.1) is 0 Å². The molecule has 3 heterocycles. The molecule has 0 aliphatic carbocycles. The topological polar surface area (TPSA) is 103 Å². The zero-order chi connectivity index (χ0) is 20.5. The molecular formula is C19H16F3N5O2. The van der Waals surface area contributed by atoms with Crippen molar-refractivity contribution in [1.29, 1.82) is 5.26 Å². The van der Waals surface area contributed by atoms with Crippen molar-refractivity contribution in [2.24, 2.45) is 0 Å². The Morgan fingerprint density at radius 3 is 2.83 bits per heavy atom. The van der Waals surface area contributed by atoms with Crippen LogP contribution in [0.5, 0.6) is 0 Å². The number of carbonyl (C=O) groups excluding carboxylic acids is 1. The lowest BCUT2D eigenvalue weighted by atomic mass is 10.1. The molecule has 2 aromatic heterocycles. The lowest BCUT2D eigenvalue weighted by molar-refractivity contribution is 0.0211. The van der Waals surface area contributed by atoms with Crippen LogP contribution in [0.2, 0.25) is 0 Å². The van der Waals surface area contributed by atoms with Crippen molar-refractivity contribution in [2.75, 3.05) is 25.1 Å². The van der Waals surface area contributed by atoms with Gasteiger partial charge >= 0.3 is 0 Å². The number of aromatic amines is 1. The van der Waals surface area contributed by atoms with Crippen LogP contribution in [0.3, 0.4) is 0 Å². The van der Waals surface area contributed by atoms with Crippen LogP contribution in [-0.2, 0) is 4.74 Å². The quantitative estimate of drug-likeness (QED) is 0.587. The highest BCUT2D eigenvalue weighted by Crippen LogP contribution is 2.32. The highest BCUT2D eigenvalue weighted by molar-refractivity contribution is 6.13. The van der Waals surface area contributed by atoms with Gasteiger partial charge in [0.15, 0.2) is 6.17 Å². The number of carbonyl (C=O) groups is 1. The first kappa shape index (κ1) is 19.0. The maximum atomic E-state index is 13.2. The van der Waals surface area contributed by atoms with E-state index >= 15 is 0 Å². The number of benzene rings is 1. The van der Waals surface area contributed by atoms with Crippen LogP contribution < -0.4 is 10.6 Å². The first-order valence-corrected chi connectivity index (χ1v) is 8.87. The Morgan fingerprint density at radius 2 is 2.17 bits per heavy atom. The third-order valence-corrected chi connectivity index (χ3v) is 4.70. The third kappa shape index (κ3) is 3.56. The van der Waals surface area contributed by atoms with E-state index < -0.39 is 25.0 Å². The number of nitrogens with zero attached hydrogens (tertiary/aromatic N) is 2. The maximum absolute atomic E-state index is 13.2. The number of amides is 1. The molecule has 4 rings (SSSR count). The first-order chi connectivity index (χ1) is 14.0. The summed E-state index contributed by atoms with van der Waals surface area (Å²) in [4.78, 5) is 20.0. The number of nitrogens with one attached hydrogen (secondary N) is 3. The Balaban J connectivity index is 1.76. The van der Waals surface area contributed by atoms with Gasteiger partial charge in [0.25, 0.3) is 12.3 Å². The average Bonchev–Trinajstić information content (AvgIpc) is 3.06. The van der Waals surface area contributed by atoms with Crippen LogP contribution in [0.4, 0.5) is 18.9 Å². The van der Waals surface area contributed by atoms with Gasteiger partial charge in [0.05, 0.1) is 59.7 Å². The summed E-state index contributed by atoms with van der Waals surface area (Å²) in [6.07, 6.45) is -4.31. The van der Waals surface area contributed by atoms with Gasteiger partial charge in [0, 0.05) is 17.1 Å². The molecule has 1 aromatic carbocycles. The van der Waals surface area contributed by atoms with Gasteiger partial charge in [0.1, 0.15) is 0 Å². The van der Waals surface area contributed by atoms with Crippen LogP contribution in [0.1, 0.15) is 15.9 Å². The number of pyridine rings is 1. The predicted octanol–water partition coefficient (Wildman–Crippen LogP) is 2.73. The standard InChI is InChI=1S/C19H16F3N5O2/c20-13(18(21)22)6-25-19(28)12-5-24-15-11-2-1-9(4-23)3-14(11)27-17(15)16(12)26-10-7-29-8-10/h1-3,5,10,13,18,27H,6-8H2,(H,24,26)(H,25,28). The molecule has 29 heavy (non-hydrogen) atoms. The van der Waals surface area contributed by atoms with E-state index in [2.05, 4.69) is 26.7 Å². The molecule has 0 bridgehead atoms. The normalized spacial score (nSPS) is 15.3. The molecule has 3 aromatic rings. The predicted molar refractivity (Wildman–Crippen MR) is 99.8 cm³/mol. The van der Waals surface area contributed by atoms with E-state index in [9.17, 15) is 18.0 Å². The van der Waals surface area contributed by atoms with Crippen molar-refractivity contribution in [1.82, 2.24) is 15.3 Å². The van der Waals surface area contributed by atoms with Crippen molar-refractivity contribution < 1.29 is 22.7 Å². The molecular weight excluding hydrogens is 387 g/mol. The van der Waals surface area contributed by atoms with Crippen LogP contribution in [0.25, 0.3) is 21.9 Å². The van der Waals surface area contributed by atoms with Crippen LogP contribution in [0.15, 0.2) is 24.4 Å². The summed E-state index contributed by atoms with van der Waals surface area (Å²) < 4.78 is 43.1. The second-order valence-electron chi connectivity index (χ2n) is 6.71. The van der Waals surface area contributed by atoms with E-state index in [1.807, 2.05) is 0 Å². The van der Waals surface area contributed by atoms with Gasteiger partial charge < -0.3 is 20.4 Å². The summed E-state index contributed by atoms with van der Waals surface area (Å²) in [6.45, 7) is 0.0853. The fraction of sp³-hybridized carbons (Fsp3) is 0.316. The minimum Gasteiger partial charge on any atom is -0.377 e. The summed E-state index contributed by atoms with van der Waals surface area (Å²) in [5, 5.41) is 15.3. The van der Waals surface area contributed by atoms with E-state index in [1.165, 1.54) is 6.20 Å². The molecule has 0 spiro atoms. The monoisotopic (exact) mass is 403 g/mol. The Labute approximate surface area is 162 Å². The zero-order valence-corrected chi connectivity index (χ0v) is 15.0. The number of anilines is 1. The van der Waals surface area contributed by atoms with E-state index in [0.717, 1.165) is 5.39 Å². The fourth-order valence-electron chi connectivity index (χ4n) is 3.12. The molecule has 1 aliphatic heterocycles. The Hall–Kier alpha value is -3.32. The number of rotatable bonds is 6. The van der Waals surface area contributed by atoms with E-state index in [-0.39, 0.29) is 11.6 Å². The molecule has 0 saturated carbocycles. The molecule has 1 aliphatic rings. The lowest BCUT2D eigenvalue weighted by Gasteiger charge is -2.28. The molecule has 150 valence electrons. The minimum atomic E-state index is -3.18. The highest BCUT2D eigenvalue weighted by atomic mass is 19.3. The van der Waals surface area contributed by atoms with Crippen molar-refractivity contribution in [3.8, 4) is 6.07 Å². The molecule has 3 N–H and O–H groups in total. The van der Waals surface area contributed by atoms with E-state index in [0.29, 0.717) is 41.0 Å². The molecule has 10 heteroatoms. The van der Waals surface area contributed by atoms with E-state index in [4.69, 9.17) is 10.00 Å². The van der Waals surface area contributed by atoms with Gasteiger partial charge in [-0.3, -0.25) is 9.78 Å². The second-order valence-corrected chi connectivity index (χ2v) is 6.71. The minimum absolute atomic E-state index is 0.0387. The number of fused-ring (bicyclic) bond motifs is 3. The Bertz CT molecular complexity index is 1120. The Kier molecular flexibility index (Phi) is 4.98. The smallest absolute Gasteiger partial charge is 0.271 e. The molecule has 1 fully saturated rings. The van der Waals surface area contributed by atoms with Crippen LogP contribution in [0, 0.1) is 11.3 Å². The number of aromatic nitrogens is 2. The number of hydrogen-bond acceptors (Lipinski definition) is 5. The number of halogens is 3. The highest BCUT2D eigenvalue weighted by Gasteiger charge is 2.26. The largest absolute Gasteiger partial charge is 0.377 e. The van der Waals surface area contributed by atoms with Crippen molar-refractivity contribution >= 4 is 33.5 Å². The average molecular weight is 403 g/mol. The number of alkyl halides is 3. The molecule has 1 amide bonds. The third-order valence-electron chi connectivity index (χ3n) is 4.70. The SMILES string of the molecule is N#Cc1ccc2c(c1)[nH]c1c(NC3COC3)c(C(=O)NCC(F)C(F)F)cnc12. The number of ether oxygens (including phenoxy) is 1. The molecule has 0 radical (unpaired) electrons. The number of H-pyrrole nitrogens is 1.